The molecule has 2 aromatic rings. The first-order valence-corrected chi connectivity index (χ1v) is 6.89. The first kappa shape index (κ1) is 16.7. The number of nitro benzene ring substituents is 1. The molecule has 0 saturated heterocycles. The predicted molar refractivity (Wildman–Crippen MR) is 85.7 cm³/mol. The van der Waals surface area contributed by atoms with Gasteiger partial charge in [0.15, 0.2) is 5.84 Å². The van der Waals surface area contributed by atoms with Gasteiger partial charge in [0, 0.05) is 11.6 Å². The van der Waals surface area contributed by atoms with Gasteiger partial charge in [-0.2, -0.15) is 0 Å². The average Bonchev–Trinajstić information content (AvgIpc) is 2.52. The monoisotopic (exact) mass is 353 g/mol. The highest BCUT2D eigenvalue weighted by molar-refractivity contribution is 6.34. The molecule has 0 aliphatic heterocycles. The van der Waals surface area contributed by atoms with Gasteiger partial charge in [0.25, 0.3) is 5.69 Å². The second-order valence-electron chi connectivity index (χ2n) is 4.26. The van der Waals surface area contributed by atoms with E-state index in [1.54, 1.807) is 24.3 Å². The van der Waals surface area contributed by atoms with Crippen LogP contribution in [0.2, 0.25) is 10.0 Å². The summed E-state index contributed by atoms with van der Waals surface area (Å²) in [6.07, 6.45) is 0. The lowest BCUT2D eigenvalue weighted by molar-refractivity contribution is -0.384. The van der Waals surface area contributed by atoms with Crippen molar-refractivity contribution in [3.05, 3.63) is 73.8 Å². The van der Waals surface area contributed by atoms with Crippen LogP contribution in [0.4, 0.5) is 5.69 Å². The van der Waals surface area contributed by atoms with E-state index in [1.807, 2.05) is 0 Å². The lowest BCUT2D eigenvalue weighted by Gasteiger charge is -2.03. The van der Waals surface area contributed by atoms with E-state index < -0.39 is 16.6 Å². The highest BCUT2D eigenvalue weighted by Gasteiger charge is 2.17. The van der Waals surface area contributed by atoms with Crippen molar-refractivity contribution in [3.63, 3.8) is 0 Å². The molecule has 118 valence electrons. The number of carbonyl (C=O) groups excluding carboxylic acids is 1. The van der Waals surface area contributed by atoms with Gasteiger partial charge in [0.1, 0.15) is 5.02 Å². The summed E-state index contributed by atoms with van der Waals surface area (Å²) in [5, 5.41) is 14.5. The van der Waals surface area contributed by atoms with E-state index in [0.717, 1.165) is 6.07 Å². The molecule has 0 aliphatic rings. The van der Waals surface area contributed by atoms with Crippen LogP contribution in [0, 0.1) is 10.1 Å². The van der Waals surface area contributed by atoms with Gasteiger partial charge in [-0.15, -0.1) is 0 Å². The van der Waals surface area contributed by atoms with E-state index in [1.165, 1.54) is 12.1 Å². The molecule has 2 aromatic carbocycles. The topological polar surface area (TPSA) is 108 Å². The summed E-state index contributed by atoms with van der Waals surface area (Å²) in [6.45, 7) is 0. The van der Waals surface area contributed by atoms with Crippen molar-refractivity contribution < 1.29 is 14.6 Å². The Bertz CT molecular complexity index is 808. The highest BCUT2D eigenvalue weighted by atomic mass is 35.5. The molecule has 0 heterocycles. The minimum absolute atomic E-state index is 0.0863. The Kier molecular flexibility index (Phi) is 5.15. The van der Waals surface area contributed by atoms with Crippen molar-refractivity contribution >= 4 is 40.7 Å². The molecular weight excluding hydrogens is 345 g/mol. The molecule has 0 aromatic heterocycles. The van der Waals surface area contributed by atoms with Gasteiger partial charge in [-0.3, -0.25) is 10.1 Å². The van der Waals surface area contributed by atoms with Crippen molar-refractivity contribution in [2.75, 3.05) is 0 Å². The molecule has 9 heteroatoms. The van der Waals surface area contributed by atoms with E-state index in [9.17, 15) is 14.9 Å². The molecule has 0 spiro atoms. The van der Waals surface area contributed by atoms with Crippen molar-refractivity contribution in [2.24, 2.45) is 10.9 Å². The quantitative estimate of drug-likeness (QED) is 0.298. The number of rotatable bonds is 4. The Morgan fingerprint density at radius 1 is 1.17 bits per heavy atom. The summed E-state index contributed by atoms with van der Waals surface area (Å²) < 4.78 is 0. The van der Waals surface area contributed by atoms with Crippen LogP contribution < -0.4 is 5.73 Å². The minimum atomic E-state index is -0.917. The van der Waals surface area contributed by atoms with Crippen LogP contribution in [0.3, 0.4) is 0 Å². The molecular formula is C14H9Cl2N3O4. The molecule has 0 radical (unpaired) electrons. The van der Waals surface area contributed by atoms with E-state index in [2.05, 4.69) is 9.99 Å². The summed E-state index contributed by atoms with van der Waals surface area (Å²) in [7, 11) is 0. The van der Waals surface area contributed by atoms with Crippen molar-refractivity contribution in [1.29, 1.82) is 0 Å². The fourth-order valence-corrected chi connectivity index (χ4v) is 2.06. The number of hydrogen-bond acceptors (Lipinski definition) is 5. The fraction of sp³-hybridized carbons (Fsp3) is 0. The Morgan fingerprint density at radius 2 is 1.87 bits per heavy atom. The number of hydrogen-bond donors (Lipinski definition) is 1. The first-order valence-electron chi connectivity index (χ1n) is 6.14. The summed E-state index contributed by atoms with van der Waals surface area (Å²) in [6, 6.07) is 10.1. The standard InChI is InChI=1S/C14H9Cl2N3O4/c15-10-4-2-1-3-9(10)13(17)18-23-14(20)8-5-6-11(16)12(7-8)19(21)22/h1-7H,(H2,17,18). The van der Waals surface area contributed by atoms with Crippen LogP contribution in [0.1, 0.15) is 15.9 Å². The van der Waals surface area contributed by atoms with E-state index in [4.69, 9.17) is 28.9 Å². The van der Waals surface area contributed by atoms with Crippen LogP contribution in [0.25, 0.3) is 0 Å². The molecule has 2 N–H and O–H groups in total. The third kappa shape index (κ3) is 3.97. The lowest BCUT2D eigenvalue weighted by atomic mass is 10.2. The summed E-state index contributed by atoms with van der Waals surface area (Å²) in [4.78, 5) is 26.6. The number of halogens is 2. The van der Waals surface area contributed by atoms with E-state index in [0.29, 0.717) is 10.6 Å². The molecule has 0 bridgehead atoms. The Hall–Kier alpha value is -2.64. The molecule has 0 saturated carbocycles. The smallest absolute Gasteiger partial charge is 0.366 e. The molecule has 0 fully saturated rings. The Morgan fingerprint density at radius 3 is 2.52 bits per heavy atom. The first-order chi connectivity index (χ1) is 10.9. The van der Waals surface area contributed by atoms with Crippen molar-refractivity contribution in [1.82, 2.24) is 0 Å². The van der Waals surface area contributed by atoms with Crippen LogP contribution >= 0.6 is 23.2 Å². The lowest BCUT2D eigenvalue weighted by Crippen LogP contribution is -2.15. The molecule has 0 unspecified atom stereocenters. The number of benzene rings is 2. The highest BCUT2D eigenvalue weighted by Crippen LogP contribution is 2.25. The third-order valence-electron chi connectivity index (χ3n) is 2.76. The Balaban J connectivity index is 2.20. The number of nitrogens with zero attached hydrogens (tertiary/aromatic N) is 2. The average molecular weight is 354 g/mol. The fourth-order valence-electron chi connectivity index (χ4n) is 1.64. The number of nitro groups is 1. The summed E-state index contributed by atoms with van der Waals surface area (Å²) in [5.74, 6) is -1.02. The second kappa shape index (κ2) is 7.08. The summed E-state index contributed by atoms with van der Waals surface area (Å²) >= 11 is 11.6. The number of oxime groups is 1. The Labute approximate surface area is 140 Å². The van der Waals surface area contributed by atoms with Gasteiger partial charge >= 0.3 is 5.97 Å². The van der Waals surface area contributed by atoms with Gasteiger partial charge in [-0.1, -0.05) is 40.5 Å². The zero-order valence-corrected chi connectivity index (χ0v) is 12.9. The predicted octanol–water partition coefficient (Wildman–Crippen LogP) is 3.38. The number of carbonyl (C=O) groups is 1. The maximum atomic E-state index is 11.9. The SMILES string of the molecule is NC(=NOC(=O)c1ccc(Cl)c([N+](=O)[O-])c1)c1ccccc1Cl. The van der Waals surface area contributed by atoms with Crippen molar-refractivity contribution in [3.8, 4) is 0 Å². The molecule has 0 atom stereocenters. The molecule has 2 rings (SSSR count). The van der Waals surface area contributed by atoms with Gasteiger partial charge in [0.05, 0.1) is 15.5 Å². The normalized spacial score (nSPS) is 11.1. The summed E-state index contributed by atoms with van der Waals surface area (Å²) in [5.41, 5.74) is 5.58. The van der Waals surface area contributed by atoms with Gasteiger partial charge in [0.2, 0.25) is 0 Å². The molecule has 7 nitrogen and oxygen atoms in total. The number of nitrogens with two attached hydrogens (primary N) is 1. The molecule has 0 aliphatic carbocycles. The zero-order valence-electron chi connectivity index (χ0n) is 11.4. The van der Waals surface area contributed by atoms with Crippen LogP contribution in [0.5, 0.6) is 0 Å². The number of amidine groups is 1. The molecule has 0 amide bonds. The largest absolute Gasteiger partial charge is 0.380 e. The van der Waals surface area contributed by atoms with Gasteiger partial charge in [-0.25, -0.2) is 4.79 Å². The van der Waals surface area contributed by atoms with Gasteiger partial charge < -0.3 is 10.6 Å². The van der Waals surface area contributed by atoms with Crippen molar-refractivity contribution in [2.45, 2.75) is 0 Å². The maximum Gasteiger partial charge on any atom is 0.366 e. The third-order valence-corrected chi connectivity index (χ3v) is 3.40. The van der Waals surface area contributed by atoms with Gasteiger partial charge in [-0.05, 0) is 24.3 Å². The van der Waals surface area contributed by atoms with Crippen LogP contribution in [-0.4, -0.2) is 16.7 Å². The molecule has 23 heavy (non-hydrogen) atoms. The minimum Gasteiger partial charge on any atom is -0.380 e. The van der Waals surface area contributed by atoms with Crippen LogP contribution in [0.15, 0.2) is 47.6 Å². The maximum absolute atomic E-state index is 11.9. The zero-order chi connectivity index (χ0) is 17.0. The van der Waals surface area contributed by atoms with E-state index >= 15 is 0 Å². The second-order valence-corrected chi connectivity index (χ2v) is 5.07. The van der Waals surface area contributed by atoms with E-state index in [-0.39, 0.29) is 16.4 Å². The van der Waals surface area contributed by atoms with Crippen LogP contribution in [-0.2, 0) is 4.84 Å².